The van der Waals surface area contributed by atoms with Gasteiger partial charge in [-0.2, -0.15) is 0 Å². The van der Waals surface area contributed by atoms with E-state index in [4.69, 9.17) is 5.73 Å². The van der Waals surface area contributed by atoms with E-state index in [1.807, 2.05) is 72.8 Å². The molecule has 0 bridgehead atoms. The van der Waals surface area contributed by atoms with Crippen molar-refractivity contribution in [1.29, 1.82) is 0 Å². The zero-order valence-electron chi connectivity index (χ0n) is 31.2. The average Bonchev–Trinajstić information content (AvgIpc) is 3.27. The molecule has 0 radical (unpaired) electrons. The number of halogens is 1. The number of benzene rings is 10. The Labute approximate surface area is 341 Å². The number of nitrogen functional groups attached to an aromatic ring is 1. The first-order chi connectivity index (χ1) is 28.1. The monoisotopic (exact) mass is 800 g/mol. The molecular formula is C52H41BrN4. The predicted octanol–water partition coefficient (Wildman–Crippen LogP) is 15.2. The summed E-state index contributed by atoms with van der Waals surface area (Å²) < 4.78 is 1.16. The summed E-state index contributed by atoms with van der Waals surface area (Å²) in [5, 5.41) is 20.5. The molecular weight excluding hydrogens is 761 g/mol. The lowest BCUT2D eigenvalue weighted by Gasteiger charge is -2.13. The maximum Gasteiger partial charge on any atom is 0.0470 e. The molecule has 0 aliphatic rings. The third-order valence-electron chi connectivity index (χ3n) is 9.69. The minimum Gasteiger partial charge on any atom is -0.399 e. The van der Waals surface area contributed by atoms with E-state index in [1.54, 1.807) is 0 Å². The molecule has 4 nitrogen and oxygen atoms in total. The van der Waals surface area contributed by atoms with Crippen LogP contribution < -0.4 is 21.7 Å². The maximum atomic E-state index is 5.59. The fourth-order valence-corrected chi connectivity index (χ4v) is 7.49. The first-order valence-electron chi connectivity index (χ1n) is 18.9. The number of para-hydroxylation sites is 2. The summed E-state index contributed by atoms with van der Waals surface area (Å²) in [4.78, 5) is 0. The van der Waals surface area contributed by atoms with Crippen LogP contribution in [0.2, 0.25) is 0 Å². The molecule has 0 aliphatic carbocycles. The molecule has 0 aliphatic heterocycles. The van der Waals surface area contributed by atoms with Gasteiger partial charge in [-0.05, 0) is 123 Å². The van der Waals surface area contributed by atoms with Crippen LogP contribution >= 0.6 is 15.9 Å². The fraction of sp³-hybridized carbons (Fsp3) is 0. The number of rotatable bonds is 6. The summed E-state index contributed by atoms with van der Waals surface area (Å²) >= 11 is 3.62. The van der Waals surface area contributed by atoms with Gasteiger partial charge < -0.3 is 21.7 Å². The molecule has 0 spiro atoms. The van der Waals surface area contributed by atoms with Crippen molar-refractivity contribution in [3.05, 3.63) is 223 Å². The normalized spacial score (nSPS) is 10.6. The van der Waals surface area contributed by atoms with Gasteiger partial charge in [0.1, 0.15) is 0 Å². The smallest absolute Gasteiger partial charge is 0.0470 e. The molecule has 0 atom stereocenters. The zero-order valence-corrected chi connectivity index (χ0v) is 32.8. The third-order valence-corrected chi connectivity index (χ3v) is 10.3. The molecule has 5 N–H and O–H groups in total. The summed E-state index contributed by atoms with van der Waals surface area (Å²) in [6, 6.07) is 74.8. The van der Waals surface area contributed by atoms with Gasteiger partial charge in [0.2, 0.25) is 0 Å². The van der Waals surface area contributed by atoms with Crippen molar-refractivity contribution >= 4 is 98.8 Å². The van der Waals surface area contributed by atoms with Crippen LogP contribution in [0.5, 0.6) is 0 Å². The van der Waals surface area contributed by atoms with E-state index in [1.165, 1.54) is 43.1 Å². The molecule has 0 fully saturated rings. The van der Waals surface area contributed by atoms with Crippen LogP contribution in [0.4, 0.5) is 39.8 Å². The number of anilines is 7. The van der Waals surface area contributed by atoms with Gasteiger partial charge in [0.15, 0.2) is 0 Å². The SMILES string of the molecule is Brc1cc2ccccc2c2ccccc12.Nc1ccc(Nc2ccccc2)cc1.c1ccc(Nc2ccc(Nc3cc4ccccc4c4ccccc34)cc2)cc1. The molecule has 0 saturated carbocycles. The van der Waals surface area contributed by atoms with Crippen molar-refractivity contribution in [1.82, 2.24) is 0 Å². The highest BCUT2D eigenvalue weighted by Gasteiger charge is 2.07. The summed E-state index contributed by atoms with van der Waals surface area (Å²) in [6.07, 6.45) is 0. The summed E-state index contributed by atoms with van der Waals surface area (Å²) in [5.74, 6) is 0. The fourth-order valence-electron chi connectivity index (χ4n) is 6.90. The Morgan fingerprint density at radius 2 is 0.649 bits per heavy atom. The molecule has 0 amide bonds. The zero-order chi connectivity index (χ0) is 38.8. The van der Waals surface area contributed by atoms with E-state index >= 15 is 0 Å². The van der Waals surface area contributed by atoms with E-state index < -0.39 is 0 Å². The van der Waals surface area contributed by atoms with Gasteiger partial charge in [-0.3, -0.25) is 0 Å². The first kappa shape index (κ1) is 36.9. The number of nitrogens with one attached hydrogen (secondary N) is 3. The van der Waals surface area contributed by atoms with Gasteiger partial charge in [-0.25, -0.2) is 0 Å². The highest BCUT2D eigenvalue weighted by atomic mass is 79.9. The largest absolute Gasteiger partial charge is 0.399 e. The molecule has 10 rings (SSSR count). The van der Waals surface area contributed by atoms with E-state index in [9.17, 15) is 0 Å². The minimum absolute atomic E-state index is 0.781. The van der Waals surface area contributed by atoms with Gasteiger partial charge in [-0.1, -0.05) is 149 Å². The van der Waals surface area contributed by atoms with Crippen LogP contribution in [-0.2, 0) is 0 Å². The first-order valence-corrected chi connectivity index (χ1v) is 19.7. The van der Waals surface area contributed by atoms with E-state index in [2.05, 4.69) is 177 Å². The summed E-state index contributed by atoms with van der Waals surface area (Å²) in [5.41, 5.74) is 12.8. The van der Waals surface area contributed by atoms with Crippen molar-refractivity contribution in [3.8, 4) is 0 Å². The lowest BCUT2D eigenvalue weighted by Crippen LogP contribution is -1.94. The second-order valence-corrected chi connectivity index (χ2v) is 14.5. The van der Waals surface area contributed by atoms with Crippen molar-refractivity contribution in [3.63, 3.8) is 0 Å². The highest BCUT2D eigenvalue weighted by Crippen LogP contribution is 2.34. The second-order valence-electron chi connectivity index (χ2n) is 13.6. The summed E-state index contributed by atoms with van der Waals surface area (Å²) in [7, 11) is 0. The quantitative estimate of drug-likeness (QED) is 0.0999. The lowest BCUT2D eigenvalue weighted by atomic mass is 10.00. The molecule has 0 unspecified atom stereocenters. The van der Waals surface area contributed by atoms with Gasteiger partial charge in [0.25, 0.3) is 0 Å². The lowest BCUT2D eigenvalue weighted by molar-refractivity contribution is 1.53. The van der Waals surface area contributed by atoms with Crippen molar-refractivity contribution in [2.45, 2.75) is 0 Å². The molecule has 10 aromatic carbocycles. The van der Waals surface area contributed by atoms with Crippen LogP contribution in [0.25, 0.3) is 43.1 Å². The molecule has 0 heterocycles. The molecule has 0 aromatic heterocycles. The Bertz CT molecular complexity index is 2880. The maximum absolute atomic E-state index is 5.59. The van der Waals surface area contributed by atoms with Crippen LogP contribution in [0, 0.1) is 0 Å². The molecule has 0 saturated heterocycles. The molecule has 5 heteroatoms. The highest BCUT2D eigenvalue weighted by molar-refractivity contribution is 9.10. The Hall–Kier alpha value is -7.08. The van der Waals surface area contributed by atoms with Gasteiger partial charge >= 0.3 is 0 Å². The van der Waals surface area contributed by atoms with Gasteiger partial charge in [0, 0.05) is 49.7 Å². The average molecular weight is 802 g/mol. The number of fused-ring (bicyclic) bond motifs is 6. The Morgan fingerprint density at radius 1 is 0.298 bits per heavy atom. The van der Waals surface area contributed by atoms with Gasteiger partial charge in [-0.15, -0.1) is 0 Å². The van der Waals surface area contributed by atoms with Crippen LogP contribution in [0.15, 0.2) is 223 Å². The Morgan fingerprint density at radius 3 is 1.18 bits per heavy atom. The van der Waals surface area contributed by atoms with E-state index in [-0.39, 0.29) is 0 Å². The van der Waals surface area contributed by atoms with Crippen molar-refractivity contribution in [2.24, 2.45) is 0 Å². The van der Waals surface area contributed by atoms with Crippen molar-refractivity contribution < 1.29 is 0 Å². The Kier molecular flexibility index (Phi) is 11.4. The predicted molar refractivity (Wildman–Crippen MR) is 251 cm³/mol. The second kappa shape index (κ2) is 17.6. The van der Waals surface area contributed by atoms with Crippen LogP contribution in [0.3, 0.4) is 0 Å². The topological polar surface area (TPSA) is 62.1 Å². The van der Waals surface area contributed by atoms with E-state index in [0.717, 1.165) is 44.3 Å². The van der Waals surface area contributed by atoms with Crippen LogP contribution in [0.1, 0.15) is 0 Å². The molecule has 276 valence electrons. The summed E-state index contributed by atoms with van der Waals surface area (Å²) in [6.45, 7) is 0. The number of hydrogen-bond donors (Lipinski definition) is 4. The Balaban J connectivity index is 0.000000132. The molecule has 10 aromatic rings. The van der Waals surface area contributed by atoms with Crippen molar-refractivity contribution in [2.75, 3.05) is 21.7 Å². The molecule has 57 heavy (non-hydrogen) atoms. The third kappa shape index (κ3) is 9.08. The van der Waals surface area contributed by atoms with Gasteiger partial charge in [0.05, 0.1) is 0 Å². The minimum atomic E-state index is 0.781. The standard InChI is InChI=1S/C26H20N2.C14H9Br.C12H12N2/c1-2-9-20(10-3-1)27-21-14-16-22(17-15-21)28-26-18-19-8-4-5-11-23(19)24-12-6-7-13-25(24)26;15-14-9-10-5-1-2-6-11(10)12-7-3-4-8-13(12)14;13-10-6-8-12(9-7-10)14-11-4-2-1-3-5-11/h1-18,27-28H;1-9H;1-9,14H,13H2. The van der Waals surface area contributed by atoms with E-state index in [0.29, 0.717) is 0 Å². The number of hydrogen-bond acceptors (Lipinski definition) is 4. The number of nitrogens with two attached hydrogens (primary N) is 1. The van der Waals surface area contributed by atoms with Crippen LogP contribution in [-0.4, -0.2) is 0 Å².